The topological polar surface area (TPSA) is 64.6 Å². The number of carbonyl (C=O) groups is 2. The van der Waals surface area contributed by atoms with Crippen LogP contribution in [0.1, 0.15) is 38.2 Å². The van der Waals surface area contributed by atoms with Crippen molar-refractivity contribution in [2.45, 2.75) is 38.4 Å². The Morgan fingerprint density at radius 2 is 1.86 bits per heavy atom. The summed E-state index contributed by atoms with van der Waals surface area (Å²) in [4.78, 5) is 24.6. The maximum Gasteiger partial charge on any atom is 0.327 e. The molecule has 1 N–H and O–H groups in total. The van der Waals surface area contributed by atoms with Gasteiger partial charge in [-0.2, -0.15) is 0 Å². The molecule has 116 valence electrons. The third-order valence-electron chi connectivity index (χ3n) is 5.02. The van der Waals surface area contributed by atoms with Gasteiger partial charge in [0.1, 0.15) is 0 Å². The summed E-state index contributed by atoms with van der Waals surface area (Å²) in [6, 6.07) is 8.19. The van der Waals surface area contributed by atoms with Gasteiger partial charge in [-0.05, 0) is 30.4 Å². The molecule has 1 saturated carbocycles. The third-order valence-corrected chi connectivity index (χ3v) is 5.02. The molecule has 2 aliphatic heterocycles. The molecular formula is C17H19NO4. The average molecular weight is 301 g/mol. The fourth-order valence-electron chi connectivity index (χ4n) is 3.76. The fraction of sp³-hybridized carbons (Fsp3) is 0.529. The largest absolute Gasteiger partial charge is 0.422 e. The monoisotopic (exact) mass is 301 g/mol. The van der Waals surface area contributed by atoms with Gasteiger partial charge >= 0.3 is 11.9 Å². The summed E-state index contributed by atoms with van der Waals surface area (Å²) < 4.78 is 10.6. The molecule has 22 heavy (non-hydrogen) atoms. The van der Waals surface area contributed by atoms with Crippen LogP contribution < -0.4 is 5.32 Å². The number of ether oxygens (including phenoxy) is 2. The van der Waals surface area contributed by atoms with Crippen molar-refractivity contribution in [1.82, 2.24) is 0 Å². The van der Waals surface area contributed by atoms with Gasteiger partial charge in [-0.15, -0.1) is 0 Å². The van der Waals surface area contributed by atoms with Crippen molar-refractivity contribution in [3.63, 3.8) is 0 Å². The van der Waals surface area contributed by atoms with Crippen LogP contribution >= 0.6 is 0 Å². The van der Waals surface area contributed by atoms with E-state index in [1.807, 2.05) is 12.1 Å². The van der Waals surface area contributed by atoms with E-state index >= 15 is 0 Å². The highest BCUT2D eigenvalue weighted by Crippen LogP contribution is 2.61. The van der Waals surface area contributed by atoms with Gasteiger partial charge in [0.25, 0.3) is 5.79 Å². The van der Waals surface area contributed by atoms with E-state index in [1.54, 1.807) is 13.8 Å². The lowest BCUT2D eigenvalue weighted by molar-refractivity contribution is -0.243. The minimum absolute atomic E-state index is 0.0153. The van der Waals surface area contributed by atoms with Crippen molar-refractivity contribution in [3.05, 3.63) is 29.8 Å². The van der Waals surface area contributed by atoms with Gasteiger partial charge in [0, 0.05) is 32.0 Å². The number of para-hydroxylation sites is 1. The van der Waals surface area contributed by atoms with Gasteiger partial charge in [-0.3, -0.25) is 9.59 Å². The average Bonchev–Trinajstić information content (AvgIpc) is 3.03. The first-order valence-electron chi connectivity index (χ1n) is 7.72. The molecule has 1 aliphatic carbocycles. The lowest BCUT2D eigenvalue weighted by Gasteiger charge is -2.33. The Kier molecular flexibility index (Phi) is 2.63. The van der Waals surface area contributed by atoms with Gasteiger partial charge in [-0.25, -0.2) is 0 Å². The highest BCUT2D eigenvalue weighted by Gasteiger charge is 2.71. The van der Waals surface area contributed by atoms with E-state index in [4.69, 9.17) is 9.47 Å². The van der Waals surface area contributed by atoms with Crippen LogP contribution in [0.5, 0.6) is 0 Å². The second-order valence-electron chi connectivity index (χ2n) is 6.95. The van der Waals surface area contributed by atoms with Crippen LogP contribution in [-0.2, 0) is 19.1 Å². The zero-order valence-electron chi connectivity index (χ0n) is 12.7. The molecular weight excluding hydrogens is 282 g/mol. The van der Waals surface area contributed by atoms with Gasteiger partial charge in [0.2, 0.25) is 0 Å². The summed E-state index contributed by atoms with van der Waals surface area (Å²) in [7, 11) is 0. The predicted octanol–water partition coefficient (Wildman–Crippen LogP) is 2.43. The first-order chi connectivity index (χ1) is 10.4. The predicted molar refractivity (Wildman–Crippen MR) is 79.1 cm³/mol. The molecule has 0 aromatic heterocycles. The summed E-state index contributed by atoms with van der Waals surface area (Å²) in [5, 5.41) is 3.38. The molecule has 0 radical (unpaired) electrons. The molecule has 2 unspecified atom stereocenters. The SMILES string of the molecule is CC1(C)OC(=O)C2(CC2CC2CNc3ccccc32)C(=O)O1. The number of anilines is 1. The molecule has 3 aliphatic rings. The molecule has 1 saturated heterocycles. The second-order valence-corrected chi connectivity index (χ2v) is 6.95. The Hall–Kier alpha value is -2.04. The van der Waals surface area contributed by atoms with Crippen LogP contribution in [0.15, 0.2) is 24.3 Å². The number of hydrogen-bond donors (Lipinski definition) is 1. The van der Waals surface area contributed by atoms with E-state index in [0.29, 0.717) is 12.3 Å². The van der Waals surface area contributed by atoms with Gasteiger partial charge in [-0.1, -0.05) is 18.2 Å². The van der Waals surface area contributed by atoms with Crippen molar-refractivity contribution in [2.75, 3.05) is 11.9 Å². The lowest BCUT2D eigenvalue weighted by atomic mass is 9.91. The molecule has 0 amide bonds. The van der Waals surface area contributed by atoms with E-state index < -0.39 is 23.1 Å². The highest BCUT2D eigenvalue weighted by molar-refractivity contribution is 6.05. The Morgan fingerprint density at radius 1 is 1.18 bits per heavy atom. The van der Waals surface area contributed by atoms with Crippen molar-refractivity contribution in [3.8, 4) is 0 Å². The number of carbonyl (C=O) groups excluding carboxylic acids is 2. The maximum atomic E-state index is 12.3. The van der Waals surface area contributed by atoms with E-state index in [9.17, 15) is 9.59 Å². The zero-order chi connectivity index (χ0) is 15.5. The lowest BCUT2D eigenvalue weighted by Crippen LogP contribution is -2.48. The first kappa shape index (κ1) is 13.6. The summed E-state index contributed by atoms with van der Waals surface area (Å²) in [5.74, 6) is -1.64. The number of cyclic esters (lactones) is 2. The quantitative estimate of drug-likeness (QED) is 0.671. The van der Waals surface area contributed by atoms with E-state index in [0.717, 1.165) is 18.7 Å². The van der Waals surface area contributed by atoms with E-state index in [-0.39, 0.29) is 5.92 Å². The number of nitrogens with one attached hydrogen (secondary N) is 1. The molecule has 2 atom stereocenters. The minimum atomic E-state index is -1.14. The van der Waals surface area contributed by atoms with Gasteiger partial charge in [0.15, 0.2) is 5.41 Å². The van der Waals surface area contributed by atoms with Crippen LogP contribution in [0, 0.1) is 11.3 Å². The van der Waals surface area contributed by atoms with Gasteiger partial charge < -0.3 is 14.8 Å². The van der Waals surface area contributed by atoms with Gasteiger partial charge in [0.05, 0.1) is 0 Å². The molecule has 2 heterocycles. The Labute approximate surface area is 129 Å². The fourth-order valence-corrected chi connectivity index (χ4v) is 3.76. The molecule has 2 fully saturated rings. The molecule has 1 spiro atoms. The smallest absolute Gasteiger partial charge is 0.327 e. The molecule has 0 bridgehead atoms. The van der Waals surface area contributed by atoms with Crippen LogP contribution in [0.4, 0.5) is 5.69 Å². The summed E-state index contributed by atoms with van der Waals surface area (Å²) in [5.41, 5.74) is 1.37. The highest BCUT2D eigenvalue weighted by atomic mass is 16.7. The van der Waals surface area contributed by atoms with Crippen LogP contribution in [0.3, 0.4) is 0 Å². The molecule has 5 nitrogen and oxygen atoms in total. The standard InChI is InChI=1S/C17H19NO4/c1-16(2)21-14(19)17(15(20)22-16)8-11(17)7-10-9-18-13-6-4-3-5-12(10)13/h3-6,10-11,18H,7-9H2,1-2H3. The normalized spacial score (nSPS) is 30.3. The number of benzene rings is 1. The molecule has 1 aromatic rings. The number of rotatable bonds is 2. The van der Waals surface area contributed by atoms with E-state index in [1.165, 1.54) is 5.56 Å². The minimum Gasteiger partial charge on any atom is -0.422 e. The summed E-state index contributed by atoms with van der Waals surface area (Å²) in [6.07, 6.45) is 1.34. The first-order valence-corrected chi connectivity index (χ1v) is 7.72. The van der Waals surface area contributed by atoms with E-state index in [2.05, 4.69) is 17.4 Å². The number of fused-ring (bicyclic) bond motifs is 1. The van der Waals surface area contributed by atoms with Crippen molar-refractivity contribution in [1.29, 1.82) is 0 Å². The number of hydrogen-bond acceptors (Lipinski definition) is 5. The second kappa shape index (κ2) is 4.24. The Morgan fingerprint density at radius 3 is 2.59 bits per heavy atom. The Balaban J connectivity index is 1.51. The van der Waals surface area contributed by atoms with Crippen molar-refractivity contribution < 1.29 is 19.1 Å². The third kappa shape index (κ3) is 1.84. The zero-order valence-corrected chi connectivity index (χ0v) is 12.7. The van der Waals surface area contributed by atoms with Crippen LogP contribution in [0.25, 0.3) is 0 Å². The molecule has 5 heteroatoms. The van der Waals surface area contributed by atoms with Crippen molar-refractivity contribution in [2.24, 2.45) is 11.3 Å². The van der Waals surface area contributed by atoms with Crippen LogP contribution in [0.2, 0.25) is 0 Å². The number of esters is 2. The van der Waals surface area contributed by atoms with Crippen molar-refractivity contribution >= 4 is 17.6 Å². The molecule has 1 aromatic carbocycles. The Bertz CT molecular complexity index is 646. The summed E-state index contributed by atoms with van der Waals surface area (Å²) in [6.45, 7) is 4.02. The maximum absolute atomic E-state index is 12.3. The molecule has 4 rings (SSSR count). The summed E-state index contributed by atoms with van der Waals surface area (Å²) >= 11 is 0. The van der Waals surface area contributed by atoms with Crippen LogP contribution in [-0.4, -0.2) is 24.3 Å².